The molecule has 0 heterocycles. The van der Waals surface area contributed by atoms with Gasteiger partial charge < -0.3 is 20.1 Å². The number of ether oxygens (including phenoxy) is 1. The van der Waals surface area contributed by atoms with Gasteiger partial charge in [-0.1, -0.05) is 143 Å². The highest BCUT2D eigenvalue weighted by molar-refractivity contribution is 7.47. The minimum Gasteiger partial charge on any atom is -0.463 e. The summed E-state index contributed by atoms with van der Waals surface area (Å²) in [6.45, 7) is 3.25. The standard InChI is InChI=1S/C44H72NO8P/c1-3-5-7-9-11-13-15-17-19-20-21-22-23-24-26-28-30-32-34-36-43(47)45-38-39-52-54(49,50)53-41-42(46)40-51-44(48)37-35-33-31-29-27-25-18-16-14-12-10-8-6-4-2/h5,7,10-13,16-19,21-22,24,26,30,32,42,46H,3-4,6,8-9,14-15,20,23,25,27-29,31,33-41H2,1-2H3,(H,45,47)(H,49,50)/b7-5-,12-10-,13-11-,18-16-,19-17-,22-21-,26-24-,32-30-. The lowest BCUT2D eigenvalue weighted by Gasteiger charge is -2.15. The number of carbonyl (C=O) groups excluding carboxylic acids is 2. The molecule has 0 radical (unpaired) electrons. The Morgan fingerprint density at radius 3 is 1.63 bits per heavy atom. The van der Waals surface area contributed by atoms with E-state index in [9.17, 15) is 24.2 Å². The maximum absolute atomic E-state index is 12.1. The Labute approximate surface area is 327 Å². The van der Waals surface area contributed by atoms with Crippen molar-refractivity contribution in [2.75, 3.05) is 26.4 Å². The van der Waals surface area contributed by atoms with Gasteiger partial charge in [0.25, 0.3) is 0 Å². The van der Waals surface area contributed by atoms with E-state index in [2.05, 4.69) is 104 Å². The van der Waals surface area contributed by atoms with Crippen molar-refractivity contribution in [2.45, 2.75) is 142 Å². The summed E-state index contributed by atoms with van der Waals surface area (Å²) >= 11 is 0. The Balaban J connectivity index is 3.77. The lowest BCUT2D eigenvalue weighted by Crippen LogP contribution is -2.27. The van der Waals surface area contributed by atoms with Crippen LogP contribution >= 0.6 is 7.82 Å². The number of nitrogens with one attached hydrogen (secondary N) is 1. The van der Waals surface area contributed by atoms with E-state index in [1.54, 1.807) is 0 Å². The van der Waals surface area contributed by atoms with E-state index < -0.39 is 26.5 Å². The van der Waals surface area contributed by atoms with Crippen LogP contribution in [0, 0.1) is 0 Å². The Morgan fingerprint density at radius 2 is 1.07 bits per heavy atom. The zero-order chi connectivity index (χ0) is 39.6. The number of unbranched alkanes of at least 4 members (excludes halogenated alkanes) is 7. The second kappa shape index (κ2) is 39.6. The van der Waals surface area contributed by atoms with Gasteiger partial charge in [-0.2, -0.15) is 0 Å². The molecule has 0 aliphatic rings. The molecular formula is C44H72NO8P. The maximum atomic E-state index is 12.1. The third-order valence-electron chi connectivity index (χ3n) is 7.76. The minimum absolute atomic E-state index is 0.0325. The van der Waals surface area contributed by atoms with E-state index >= 15 is 0 Å². The number of hydrogen-bond acceptors (Lipinski definition) is 7. The summed E-state index contributed by atoms with van der Waals surface area (Å²) < 4.78 is 26.8. The van der Waals surface area contributed by atoms with Gasteiger partial charge in [0.1, 0.15) is 12.7 Å². The highest BCUT2D eigenvalue weighted by atomic mass is 31.2. The highest BCUT2D eigenvalue weighted by Gasteiger charge is 2.23. The first-order valence-electron chi connectivity index (χ1n) is 20.2. The lowest BCUT2D eigenvalue weighted by molar-refractivity contribution is -0.147. The van der Waals surface area contributed by atoms with Crippen LogP contribution in [0.4, 0.5) is 0 Å². The molecule has 2 unspecified atom stereocenters. The number of aliphatic hydroxyl groups is 1. The molecule has 54 heavy (non-hydrogen) atoms. The fourth-order valence-electron chi connectivity index (χ4n) is 4.71. The van der Waals surface area contributed by atoms with Crippen LogP contribution in [0.25, 0.3) is 0 Å². The number of esters is 1. The minimum atomic E-state index is -4.44. The molecule has 0 aliphatic carbocycles. The molecule has 1 amide bonds. The molecule has 0 saturated heterocycles. The third-order valence-corrected chi connectivity index (χ3v) is 8.75. The van der Waals surface area contributed by atoms with Gasteiger partial charge in [0.05, 0.1) is 13.2 Å². The largest absolute Gasteiger partial charge is 0.472 e. The van der Waals surface area contributed by atoms with Crippen molar-refractivity contribution in [2.24, 2.45) is 0 Å². The van der Waals surface area contributed by atoms with Crippen molar-refractivity contribution in [3.8, 4) is 0 Å². The summed E-state index contributed by atoms with van der Waals surface area (Å²) in [5.41, 5.74) is 0. The average molecular weight is 774 g/mol. The van der Waals surface area contributed by atoms with Gasteiger partial charge in [-0.15, -0.1) is 0 Å². The van der Waals surface area contributed by atoms with Crippen LogP contribution in [0.1, 0.15) is 136 Å². The second-order valence-electron chi connectivity index (χ2n) is 12.9. The quantitative estimate of drug-likeness (QED) is 0.0248. The molecule has 3 N–H and O–H groups in total. The Hall–Kier alpha value is -3.07. The van der Waals surface area contributed by atoms with Gasteiger partial charge in [-0.25, -0.2) is 4.57 Å². The summed E-state index contributed by atoms with van der Waals surface area (Å²) in [7, 11) is -4.44. The maximum Gasteiger partial charge on any atom is 0.472 e. The summed E-state index contributed by atoms with van der Waals surface area (Å²) in [6, 6.07) is 0. The number of phosphoric acid groups is 1. The molecule has 0 fully saturated rings. The van der Waals surface area contributed by atoms with Crippen molar-refractivity contribution in [3.05, 3.63) is 97.2 Å². The van der Waals surface area contributed by atoms with Gasteiger partial charge >= 0.3 is 13.8 Å². The Bertz CT molecular complexity index is 1200. The fraction of sp³-hybridized carbons (Fsp3) is 0.591. The van der Waals surface area contributed by atoms with Crippen LogP contribution in [0.3, 0.4) is 0 Å². The van der Waals surface area contributed by atoms with Crippen LogP contribution in [0.15, 0.2) is 97.2 Å². The smallest absolute Gasteiger partial charge is 0.463 e. The van der Waals surface area contributed by atoms with Crippen molar-refractivity contribution in [1.82, 2.24) is 5.32 Å². The molecule has 2 atom stereocenters. The highest BCUT2D eigenvalue weighted by Crippen LogP contribution is 2.42. The molecule has 9 nitrogen and oxygen atoms in total. The van der Waals surface area contributed by atoms with Gasteiger partial charge in [-0.3, -0.25) is 18.6 Å². The number of allylic oxidation sites excluding steroid dienone is 16. The first kappa shape index (κ1) is 50.9. The van der Waals surface area contributed by atoms with E-state index in [1.807, 2.05) is 12.2 Å². The number of hydrogen-bond donors (Lipinski definition) is 3. The molecule has 0 saturated carbocycles. The number of phosphoric ester groups is 1. The van der Waals surface area contributed by atoms with E-state index in [0.717, 1.165) is 83.5 Å². The van der Waals surface area contributed by atoms with Crippen LogP contribution < -0.4 is 5.32 Å². The Morgan fingerprint density at radius 1 is 0.593 bits per heavy atom. The molecule has 0 aromatic heterocycles. The van der Waals surface area contributed by atoms with Crippen molar-refractivity contribution in [1.29, 1.82) is 0 Å². The van der Waals surface area contributed by atoms with Crippen molar-refractivity contribution < 1.29 is 37.9 Å². The van der Waals surface area contributed by atoms with Crippen LogP contribution in [-0.4, -0.2) is 54.3 Å². The van der Waals surface area contributed by atoms with E-state index in [4.69, 9.17) is 13.8 Å². The van der Waals surface area contributed by atoms with Gasteiger partial charge in [0.15, 0.2) is 0 Å². The number of aliphatic hydroxyl groups excluding tert-OH is 1. The first-order valence-corrected chi connectivity index (χ1v) is 21.7. The molecule has 306 valence electrons. The monoisotopic (exact) mass is 773 g/mol. The molecule has 0 spiro atoms. The van der Waals surface area contributed by atoms with Gasteiger partial charge in [0, 0.05) is 19.4 Å². The van der Waals surface area contributed by atoms with Crippen molar-refractivity contribution in [3.63, 3.8) is 0 Å². The average Bonchev–Trinajstić information content (AvgIpc) is 3.16. The topological polar surface area (TPSA) is 131 Å². The molecule has 0 rings (SSSR count). The summed E-state index contributed by atoms with van der Waals surface area (Å²) in [6.07, 6.45) is 50.6. The van der Waals surface area contributed by atoms with E-state index in [1.165, 1.54) is 12.8 Å². The normalized spacial score (nSPS) is 14.4. The lowest BCUT2D eigenvalue weighted by atomic mass is 10.1. The van der Waals surface area contributed by atoms with Crippen LogP contribution in [0.5, 0.6) is 0 Å². The predicted molar refractivity (Wildman–Crippen MR) is 224 cm³/mol. The summed E-state index contributed by atoms with van der Waals surface area (Å²) in [4.78, 5) is 33.8. The van der Waals surface area contributed by atoms with Crippen molar-refractivity contribution >= 4 is 19.7 Å². The van der Waals surface area contributed by atoms with Crippen LogP contribution in [-0.2, 0) is 27.9 Å². The molecule has 0 bridgehead atoms. The summed E-state index contributed by atoms with van der Waals surface area (Å²) in [5, 5.41) is 12.6. The molecule has 0 aliphatic heterocycles. The van der Waals surface area contributed by atoms with Crippen LogP contribution in [0.2, 0.25) is 0 Å². The number of carbonyl (C=O) groups is 2. The van der Waals surface area contributed by atoms with Gasteiger partial charge in [-0.05, 0) is 77.0 Å². The number of rotatable bonds is 36. The SMILES string of the molecule is CC/C=C\C/C=C\C/C=C\C/C=C\C/C=C\C/C=C\CCC(=O)NCCOP(=O)(O)OCC(O)COC(=O)CCCCCCC/C=C\C/C=C\CCCC. The molecular weight excluding hydrogens is 701 g/mol. The molecule has 0 aromatic rings. The molecule has 10 heteroatoms. The van der Waals surface area contributed by atoms with E-state index in [0.29, 0.717) is 12.8 Å². The first-order chi connectivity index (χ1) is 26.3. The second-order valence-corrected chi connectivity index (χ2v) is 14.3. The van der Waals surface area contributed by atoms with Gasteiger partial charge in [0.2, 0.25) is 5.91 Å². The predicted octanol–water partition coefficient (Wildman–Crippen LogP) is 11.0. The van der Waals surface area contributed by atoms with E-state index in [-0.39, 0.29) is 38.5 Å². The third kappa shape index (κ3) is 40.1. The zero-order valence-corrected chi connectivity index (χ0v) is 34.3. The summed E-state index contributed by atoms with van der Waals surface area (Å²) in [5.74, 6) is -0.627. The fourth-order valence-corrected chi connectivity index (χ4v) is 5.47. The zero-order valence-electron chi connectivity index (χ0n) is 33.4. The molecule has 0 aromatic carbocycles. The number of amides is 1. The Kier molecular flexibility index (Phi) is 37.4.